The Balaban J connectivity index is 0. The van der Waals surface area contributed by atoms with Crippen molar-refractivity contribution in [3.05, 3.63) is 71.8 Å². The van der Waals surface area contributed by atoms with Gasteiger partial charge < -0.3 is 89.8 Å². The number of hydrogen-bond acceptors (Lipinski definition) is 17. The molecule has 8 unspecified atom stereocenters. The monoisotopic (exact) mass is 1230 g/mol. The van der Waals surface area contributed by atoms with Gasteiger partial charge in [0, 0.05) is 25.4 Å². The fourth-order valence-electron chi connectivity index (χ4n) is 6.90. The van der Waals surface area contributed by atoms with Crippen molar-refractivity contribution >= 4 is 95.8 Å². The lowest BCUT2D eigenvalue weighted by molar-refractivity contribution is -0.144. The third kappa shape index (κ3) is 35.6. The number of nitrogens with one attached hydrogen (secondary N) is 11. The molecule has 0 bridgehead atoms. The SMILES string of the molecule is CC.CC(C)C(C)NC(=O)C(Cc1ccccc1)NC(=O)C(Cc1ccccc1)NC(=O)C(CC(=O)O)NC(=O)C(CC(=O)O)NC(=O)C(CC(=O)O)NC=O.CCNC(=O)CNC(=O)CNC(=O)C(CC(=O)O)NC(=O)C(CC(=O)O)NC.NC=O. The van der Waals surface area contributed by atoms with Gasteiger partial charge in [0.25, 0.3) is 0 Å². The zero-order chi connectivity index (χ0) is 66.8. The third-order valence-electron chi connectivity index (χ3n) is 11.5. The van der Waals surface area contributed by atoms with Gasteiger partial charge in [0.1, 0.15) is 36.3 Å². The number of carboxylic acid groups (broad SMARTS) is 5. The van der Waals surface area contributed by atoms with E-state index in [1.165, 1.54) is 7.05 Å². The first kappa shape index (κ1) is 79.0. The Hall–Kier alpha value is -10.1. The Labute approximate surface area is 500 Å². The minimum absolute atomic E-state index is 0.0250. The van der Waals surface area contributed by atoms with Gasteiger partial charge in [-0.25, -0.2) is 0 Å². The molecule has 0 fully saturated rings. The number of carbonyl (C=O) groups excluding carboxylic acids is 11. The number of amides is 11. The van der Waals surface area contributed by atoms with E-state index in [9.17, 15) is 82.1 Å². The summed E-state index contributed by atoms with van der Waals surface area (Å²) < 4.78 is 0. The zero-order valence-electron chi connectivity index (χ0n) is 49.0. The van der Waals surface area contributed by atoms with Crippen LogP contribution in [0, 0.1) is 5.92 Å². The number of benzene rings is 2. The van der Waals surface area contributed by atoms with Crippen molar-refractivity contribution in [1.82, 2.24) is 58.5 Å². The highest BCUT2D eigenvalue weighted by atomic mass is 16.4. The molecule has 11 amide bonds. The third-order valence-corrected chi connectivity index (χ3v) is 11.5. The minimum atomic E-state index is -1.96. The quantitative estimate of drug-likeness (QED) is 0.0287. The van der Waals surface area contributed by atoms with E-state index in [0.717, 1.165) is 5.56 Å². The van der Waals surface area contributed by atoms with E-state index < -0.39 is 164 Å². The maximum absolute atomic E-state index is 13.9. The molecular formula is C54H80N12O21. The fourth-order valence-corrected chi connectivity index (χ4v) is 6.90. The highest BCUT2D eigenvalue weighted by Gasteiger charge is 2.35. The van der Waals surface area contributed by atoms with Crippen molar-refractivity contribution in [2.45, 2.75) is 135 Å². The molecule has 0 aliphatic rings. The second kappa shape index (κ2) is 44.4. The highest BCUT2D eigenvalue weighted by molar-refractivity contribution is 5.99. The van der Waals surface area contributed by atoms with E-state index >= 15 is 0 Å². The van der Waals surface area contributed by atoms with Crippen LogP contribution < -0.4 is 64.2 Å². The van der Waals surface area contributed by atoms with Gasteiger partial charge in [0.2, 0.25) is 66.0 Å². The van der Waals surface area contributed by atoms with Gasteiger partial charge in [-0.15, -0.1) is 0 Å². The summed E-state index contributed by atoms with van der Waals surface area (Å²) in [6.45, 7) is 10.9. The molecule has 33 heteroatoms. The number of aliphatic carboxylic acids is 5. The lowest BCUT2D eigenvalue weighted by Crippen LogP contribution is -2.60. The largest absolute Gasteiger partial charge is 0.481 e. The molecule has 0 saturated heterocycles. The molecule has 87 heavy (non-hydrogen) atoms. The average Bonchev–Trinajstić information content (AvgIpc) is 3.40. The Morgan fingerprint density at radius 3 is 1.09 bits per heavy atom. The summed E-state index contributed by atoms with van der Waals surface area (Å²) >= 11 is 0. The second-order valence-corrected chi connectivity index (χ2v) is 18.5. The molecule has 2 rings (SSSR count). The first-order valence-electron chi connectivity index (χ1n) is 26.8. The molecule has 0 heterocycles. The number of primary amides is 1. The summed E-state index contributed by atoms with van der Waals surface area (Å²) in [5, 5.41) is 71.2. The summed E-state index contributed by atoms with van der Waals surface area (Å²) in [6.07, 6.45) is -4.19. The van der Waals surface area contributed by atoms with Crippen molar-refractivity contribution < 1.29 is 102 Å². The fraction of sp³-hybridized carbons (Fsp3) is 0.481. The van der Waals surface area contributed by atoms with Crippen molar-refractivity contribution in [2.75, 3.05) is 26.7 Å². The maximum atomic E-state index is 13.9. The van der Waals surface area contributed by atoms with Gasteiger partial charge >= 0.3 is 29.8 Å². The van der Waals surface area contributed by atoms with E-state index in [1.807, 2.05) is 45.3 Å². The molecule has 482 valence electrons. The molecule has 0 saturated carbocycles. The van der Waals surface area contributed by atoms with Crippen molar-refractivity contribution in [3.63, 3.8) is 0 Å². The first-order chi connectivity index (χ1) is 41.0. The van der Waals surface area contributed by atoms with Crippen LogP contribution in [-0.2, 0) is 89.6 Å². The Kier molecular flexibility index (Phi) is 40.4. The maximum Gasteiger partial charge on any atom is 0.305 e. The first-order valence-corrected chi connectivity index (χ1v) is 26.8. The molecule has 8 atom stereocenters. The summed E-state index contributed by atoms with van der Waals surface area (Å²) in [5.74, 6) is -15.3. The van der Waals surface area contributed by atoms with Crippen LogP contribution in [0.2, 0.25) is 0 Å². The Bertz CT molecular complexity index is 2610. The Morgan fingerprint density at radius 2 is 0.736 bits per heavy atom. The summed E-state index contributed by atoms with van der Waals surface area (Å²) in [5.41, 5.74) is 5.46. The van der Waals surface area contributed by atoms with Gasteiger partial charge in [-0.2, -0.15) is 0 Å². The molecule has 0 aliphatic carbocycles. The van der Waals surface area contributed by atoms with E-state index in [-0.39, 0.29) is 44.2 Å². The van der Waals surface area contributed by atoms with Gasteiger partial charge in [-0.05, 0) is 37.9 Å². The van der Waals surface area contributed by atoms with Crippen LogP contribution in [0.1, 0.15) is 84.8 Å². The lowest BCUT2D eigenvalue weighted by Gasteiger charge is -2.27. The number of carbonyl (C=O) groups is 16. The molecule has 2 aromatic carbocycles. The van der Waals surface area contributed by atoms with Crippen LogP contribution in [0.4, 0.5) is 0 Å². The normalized spacial score (nSPS) is 12.9. The van der Waals surface area contributed by atoms with Crippen molar-refractivity contribution in [3.8, 4) is 0 Å². The number of hydrogen-bond donors (Lipinski definition) is 17. The molecule has 33 nitrogen and oxygen atoms in total. The Morgan fingerprint density at radius 1 is 0.437 bits per heavy atom. The van der Waals surface area contributed by atoms with Crippen molar-refractivity contribution in [1.29, 1.82) is 0 Å². The van der Waals surface area contributed by atoms with E-state index in [1.54, 1.807) is 67.6 Å². The zero-order valence-corrected chi connectivity index (χ0v) is 49.0. The summed E-state index contributed by atoms with van der Waals surface area (Å²) in [7, 11) is 1.33. The van der Waals surface area contributed by atoms with Gasteiger partial charge in [0.05, 0.1) is 51.2 Å². The lowest BCUT2D eigenvalue weighted by atomic mass is 10.0. The van der Waals surface area contributed by atoms with E-state index in [0.29, 0.717) is 12.1 Å². The smallest absolute Gasteiger partial charge is 0.305 e. The molecule has 18 N–H and O–H groups in total. The summed E-state index contributed by atoms with van der Waals surface area (Å²) in [4.78, 5) is 190. The van der Waals surface area contributed by atoms with Crippen LogP contribution >= 0.6 is 0 Å². The predicted octanol–water partition coefficient (Wildman–Crippen LogP) is -4.38. The molecule has 2 aromatic rings. The van der Waals surface area contributed by atoms with Gasteiger partial charge in [0.15, 0.2) is 0 Å². The minimum Gasteiger partial charge on any atom is -0.481 e. The number of likely N-dealkylation sites (N-methyl/N-ethyl adjacent to an activating group) is 2. The number of carboxylic acids is 5. The average molecular weight is 1230 g/mol. The van der Waals surface area contributed by atoms with Gasteiger partial charge in [-0.1, -0.05) is 88.4 Å². The van der Waals surface area contributed by atoms with Crippen LogP contribution in [0.3, 0.4) is 0 Å². The van der Waals surface area contributed by atoms with Crippen LogP contribution in [-0.4, -0.2) is 196 Å². The van der Waals surface area contributed by atoms with E-state index in [2.05, 4.69) is 53.6 Å². The molecule has 0 aromatic heterocycles. The van der Waals surface area contributed by atoms with Gasteiger partial charge in [-0.3, -0.25) is 76.7 Å². The predicted molar refractivity (Wildman–Crippen MR) is 306 cm³/mol. The number of rotatable bonds is 36. The van der Waals surface area contributed by atoms with Crippen LogP contribution in [0.5, 0.6) is 0 Å². The van der Waals surface area contributed by atoms with Crippen LogP contribution in [0.25, 0.3) is 0 Å². The van der Waals surface area contributed by atoms with E-state index in [4.69, 9.17) is 20.1 Å². The van der Waals surface area contributed by atoms with Crippen LogP contribution in [0.15, 0.2) is 60.7 Å². The standard InChI is InChI=1S/C36H46N6O12.C15H25N5O8.C2H6.CH3NO/c1-20(2)21(3)38-33(51)25(14-22-10-6-4-7-11-22)39-34(52)26(15-23-12-8-5-9-13-23)40-35(53)28(18-31(48)49)42-36(54)27(17-30(46)47)41-32(50)24(37-19-43)16-29(44)45;1-3-17-10(21)6-18-11(22)7-19-14(27)9(5-13(25)26)20-15(28)8(16-2)4-12(23)24;1-2;2-1-3/h4-13,19-21,24-28H,14-18H2,1-3H3,(H,37,43)(H,38,51)(H,39,52)(H,40,53)(H,41,50)(H,42,54)(H,44,45)(H,46,47)(H,48,49);8-9,16H,3-7H2,1-2H3,(H,17,21)(H,18,22)(H,19,27)(H,20,28)(H,23,24)(H,25,26);1-2H3;1H,(H2,2,3). The topological polar surface area (TPSA) is 533 Å². The number of nitrogens with two attached hydrogens (primary N) is 1. The molecule has 0 spiro atoms. The highest BCUT2D eigenvalue weighted by Crippen LogP contribution is 2.10. The van der Waals surface area contributed by atoms with Crippen molar-refractivity contribution in [2.24, 2.45) is 11.7 Å². The summed E-state index contributed by atoms with van der Waals surface area (Å²) in [6, 6.07) is 6.18. The molecular weight excluding hydrogens is 1150 g/mol. The molecule has 0 aliphatic heterocycles. The molecule has 0 radical (unpaired) electrons. The second-order valence-electron chi connectivity index (χ2n) is 18.5.